The Bertz CT molecular complexity index is 398. The molecule has 0 bridgehead atoms. The van der Waals surface area contributed by atoms with Gasteiger partial charge in [-0.15, -0.1) is 0 Å². The van der Waals surface area contributed by atoms with E-state index in [1.54, 1.807) is 6.07 Å². The molecule has 0 aromatic heterocycles. The summed E-state index contributed by atoms with van der Waals surface area (Å²) >= 11 is 0. The summed E-state index contributed by atoms with van der Waals surface area (Å²) < 4.78 is 0. The molecule has 0 heterocycles. The van der Waals surface area contributed by atoms with Gasteiger partial charge >= 0.3 is 51.4 Å². The normalized spacial score (nSPS) is 9.14. The van der Waals surface area contributed by atoms with Crippen LogP contribution < -0.4 is 0 Å². The van der Waals surface area contributed by atoms with Gasteiger partial charge in [0.25, 0.3) is 0 Å². The summed E-state index contributed by atoms with van der Waals surface area (Å²) in [5.74, 6) is 0.328. The molecule has 0 aliphatic heterocycles. The van der Waals surface area contributed by atoms with E-state index in [0.717, 1.165) is 11.1 Å². The Morgan fingerprint density at radius 1 is 0.714 bits per heavy atom. The molecule has 0 atom stereocenters. The molecule has 0 spiro atoms. The number of rotatable bonds is 1. The average molecular weight is 210 g/mol. The van der Waals surface area contributed by atoms with E-state index in [9.17, 15) is 5.11 Å². The first-order valence-electron chi connectivity index (χ1n) is 4.21. The zero-order valence-electron chi connectivity index (χ0n) is 7.14. The molecule has 14 heavy (non-hydrogen) atoms. The topological polar surface area (TPSA) is 20.2 Å². The minimum absolute atomic E-state index is 0. The number of benzene rings is 2. The van der Waals surface area contributed by atoms with Gasteiger partial charge in [-0.05, 0) is 11.6 Å². The summed E-state index contributed by atoms with van der Waals surface area (Å²) in [7, 11) is 0. The van der Waals surface area contributed by atoms with Crippen molar-refractivity contribution in [3.8, 4) is 16.9 Å². The fraction of sp³-hybridized carbons (Fsp3) is 0. The SMILES string of the molecule is Oc1ccccc1-c1ccccc1.[KH]. The van der Waals surface area contributed by atoms with Crippen molar-refractivity contribution in [2.75, 3.05) is 0 Å². The van der Waals surface area contributed by atoms with Crippen LogP contribution in [0, 0.1) is 0 Å². The maximum atomic E-state index is 9.56. The van der Waals surface area contributed by atoms with E-state index in [0.29, 0.717) is 5.75 Å². The van der Waals surface area contributed by atoms with Crippen molar-refractivity contribution < 1.29 is 5.11 Å². The van der Waals surface area contributed by atoms with Crippen LogP contribution in [-0.2, 0) is 0 Å². The molecule has 2 heteroatoms. The van der Waals surface area contributed by atoms with Crippen molar-refractivity contribution in [3.05, 3.63) is 54.6 Å². The van der Waals surface area contributed by atoms with E-state index in [2.05, 4.69) is 0 Å². The van der Waals surface area contributed by atoms with Crippen molar-refractivity contribution in [2.24, 2.45) is 0 Å². The van der Waals surface area contributed by atoms with Crippen LogP contribution in [0.4, 0.5) is 0 Å². The van der Waals surface area contributed by atoms with Gasteiger partial charge in [0.05, 0.1) is 0 Å². The molecule has 0 unspecified atom stereocenters. The third kappa shape index (κ3) is 2.68. The van der Waals surface area contributed by atoms with Crippen molar-refractivity contribution in [2.45, 2.75) is 0 Å². The maximum absolute atomic E-state index is 9.56. The van der Waals surface area contributed by atoms with Crippen LogP contribution in [-0.4, -0.2) is 56.5 Å². The summed E-state index contributed by atoms with van der Waals surface area (Å²) in [5.41, 5.74) is 1.92. The molecular formula is C12H11KO. The molecule has 0 saturated carbocycles. The van der Waals surface area contributed by atoms with Gasteiger partial charge in [0.1, 0.15) is 5.75 Å². The van der Waals surface area contributed by atoms with Gasteiger partial charge in [0.15, 0.2) is 0 Å². The fourth-order valence-electron chi connectivity index (χ4n) is 1.34. The molecule has 0 aliphatic rings. The second kappa shape index (κ2) is 5.68. The Hall–Kier alpha value is -0.124. The summed E-state index contributed by atoms with van der Waals surface area (Å²) in [6, 6.07) is 17.2. The first kappa shape index (κ1) is 11.9. The van der Waals surface area contributed by atoms with E-state index in [4.69, 9.17) is 0 Å². The predicted octanol–water partition coefficient (Wildman–Crippen LogP) is 2.41. The molecule has 0 fully saturated rings. The summed E-state index contributed by atoms with van der Waals surface area (Å²) in [5, 5.41) is 9.56. The first-order chi connectivity index (χ1) is 6.38. The van der Waals surface area contributed by atoms with Gasteiger partial charge < -0.3 is 5.11 Å². The molecule has 2 aromatic carbocycles. The molecule has 0 amide bonds. The van der Waals surface area contributed by atoms with Crippen LogP contribution in [0.25, 0.3) is 11.1 Å². The number of phenolic OH excluding ortho intramolecular Hbond substituents is 1. The Labute approximate surface area is 126 Å². The van der Waals surface area contributed by atoms with Gasteiger partial charge in [-0.3, -0.25) is 0 Å². The first-order valence-corrected chi connectivity index (χ1v) is 4.21. The number of hydrogen-bond donors (Lipinski definition) is 1. The van der Waals surface area contributed by atoms with Crippen LogP contribution in [0.2, 0.25) is 0 Å². The van der Waals surface area contributed by atoms with Crippen LogP contribution in [0.15, 0.2) is 54.6 Å². The third-order valence-corrected chi connectivity index (χ3v) is 1.99. The predicted molar refractivity (Wildman–Crippen MR) is 60.7 cm³/mol. The monoisotopic (exact) mass is 210 g/mol. The Morgan fingerprint density at radius 2 is 1.29 bits per heavy atom. The molecule has 66 valence electrons. The Balaban J connectivity index is 0.000000980. The van der Waals surface area contributed by atoms with Crippen LogP contribution in [0.3, 0.4) is 0 Å². The summed E-state index contributed by atoms with van der Waals surface area (Å²) in [4.78, 5) is 0. The number of aromatic hydroxyl groups is 1. The molecule has 2 rings (SSSR count). The van der Waals surface area contributed by atoms with Crippen LogP contribution in [0.1, 0.15) is 0 Å². The standard InChI is InChI=1S/C12H10O.K.H/c13-12-9-5-4-8-11(12)10-6-2-1-3-7-10;;/h1-9,13H;;. The Kier molecular flexibility index (Phi) is 4.85. The van der Waals surface area contributed by atoms with Crippen molar-refractivity contribution in [1.82, 2.24) is 0 Å². The molecule has 0 radical (unpaired) electrons. The van der Waals surface area contributed by atoms with E-state index in [1.807, 2.05) is 48.5 Å². The van der Waals surface area contributed by atoms with E-state index in [1.165, 1.54) is 0 Å². The zero-order valence-corrected chi connectivity index (χ0v) is 7.14. The number of phenols is 1. The average Bonchev–Trinajstić information content (AvgIpc) is 2.20. The summed E-state index contributed by atoms with van der Waals surface area (Å²) in [6.07, 6.45) is 0. The Morgan fingerprint density at radius 3 is 1.93 bits per heavy atom. The van der Waals surface area contributed by atoms with E-state index < -0.39 is 0 Å². The van der Waals surface area contributed by atoms with Gasteiger partial charge in [0.2, 0.25) is 0 Å². The molecule has 0 aliphatic carbocycles. The quantitative estimate of drug-likeness (QED) is 0.717. The second-order valence-electron chi connectivity index (χ2n) is 2.88. The minimum atomic E-state index is 0. The molecule has 2 aromatic rings. The van der Waals surface area contributed by atoms with E-state index in [-0.39, 0.29) is 51.4 Å². The van der Waals surface area contributed by atoms with Gasteiger partial charge in [-0.1, -0.05) is 48.5 Å². The summed E-state index contributed by atoms with van der Waals surface area (Å²) in [6.45, 7) is 0. The van der Waals surface area contributed by atoms with Gasteiger partial charge in [-0.2, -0.15) is 0 Å². The van der Waals surface area contributed by atoms with Crippen molar-refractivity contribution in [3.63, 3.8) is 0 Å². The third-order valence-electron chi connectivity index (χ3n) is 1.99. The molecular weight excluding hydrogens is 199 g/mol. The van der Waals surface area contributed by atoms with Gasteiger partial charge in [0, 0.05) is 5.56 Å². The second-order valence-corrected chi connectivity index (χ2v) is 2.88. The van der Waals surface area contributed by atoms with E-state index >= 15 is 0 Å². The molecule has 0 saturated heterocycles. The number of para-hydroxylation sites is 1. The van der Waals surface area contributed by atoms with Crippen molar-refractivity contribution >= 4 is 51.4 Å². The van der Waals surface area contributed by atoms with Gasteiger partial charge in [-0.25, -0.2) is 0 Å². The van der Waals surface area contributed by atoms with Crippen LogP contribution in [0.5, 0.6) is 5.75 Å². The van der Waals surface area contributed by atoms with Crippen LogP contribution >= 0.6 is 0 Å². The molecule has 1 nitrogen and oxygen atoms in total. The molecule has 1 N–H and O–H groups in total. The zero-order chi connectivity index (χ0) is 9.10. The van der Waals surface area contributed by atoms with Crippen molar-refractivity contribution in [1.29, 1.82) is 0 Å². The number of hydrogen-bond acceptors (Lipinski definition) is 1. The fourth-order valence-corrected chi connectivity index (χ4v) is 1.34.